The van der Waals surface area contributed by atoms with Crippen LogP contribution in [0.15, 0.2) is 30.1 Å². The van der Waals surface area contributed by atoms with Crippen molar-refractivity contribution in [3.63, 3.8) is 0 Å². The lowest BCUT2D eigenvalue weighted by Crippen LogP contribution is -2.43. The van der Waals surface area contributed by atoms with Gasteiger partial charge in [0, 0.05) is 12.6 Å². The number of fused-ring (bicyclic) bond motifs is 1. The van der Waals surface area contributed by atoms with Gasteiger partial charge in [-0.05, 0) is 47.8 Å². The van der Waals surface area contributed by atoms with E-state index in [1.807, 2.05) is 13.0 Å². The molecule has 0 aliphatic carbocycles. The van der Waals surface area contributed by atoms with E-state index in [1.54, 1.807) is 18.9 Å². The Kier molecular flexibility index (Phi) is 6.74. The topological polar surface area (TPSA) is 83.4 Å². The van der Waals surface area contributed by atoms with Gasteiger partial charge in [0.1, 0.15) is 18.0 Å². The van der Waals surface area contributed by atoms with E-state index < -0.39 is 39.8 Å². The number of aliphatic hydroxyl groups excluding tert-OH is 1. The molecule has 34 heavy (non-hydrogen) atoms. The van der Waals surface area contributed by atoms with Crippen molar-refractivity contribution >= 4 is 21.7 Å². The van der Waals surface area contributed by atoms with Gasteiger partial charge < -0.3 is 10.0 Å². The molecule has 2 aromatic rings. The Labute approximate surface area is 197 Å². The maximum absolute atomic E-state index is 14.7. The highest BCUT2D eigenvalue weighted by atomic mass is 32.2. The fourth-order valence-electron chi connectivity index (χ4n) is 5.10. The van der Waals surface area contributed by atoms with Crippen LogP contribution in [0.25, 0.3) is 6.08 Å². The van der Waals surface area contributed by atoms with Crippen LogP contribution in [0, 0.1) is 17.7 Å². The molecular weight excluding hydrogens is 467 g/mol. The van der Waals surface area contributed by atoms with Gasteiger partial charge in [-0.2, -0.15) is 0 Å². The lowest BCUT2D eigenvalue weighted by Gasteiger charge is -2.39. The van der Waals surface area contributed by atoms with Gasteiger partial charge in [-0.15, -0.1) is 0 Å². The summed E-state index contributed by atoms with van der Waals surface area (Å²) < 4.78 is 65.2. The van der Waals surface area contributed by atoms with Crippen molar-refractivity contribution < 1.29 is 26.7 Å². The lowest BCUT2D eigenvalue weighted by atomic mass is 9.81. The Morgan fingerprint density at radius 1 is 1.24 bits per heavy atom. The van der Waals surface area contributed by atoms with Gasteiger partial charge in [0.05, 0.1) is 22.8 Å². The van der Waals surface area contributed by atoms with E-state index in [0.29, 0.717) is 29.1 Å². The minimum absolute atomic E-state index is 0.0627. The number of likely N-dealkylation sites (N-methyl/N-ethyl adjacent to an activating group) is 1. The van der Waals surface area contributed by atoms with E-state index in [-0.39, 0.29) is 35.3 Å². The standard InChI is InChI=1S/C24H28F3N3O3S/c1-13(16-5-4-6-17(21(16)25)22(26)27)9-20-19-10-18(15-7-8-34(32,33)11-14(15)2)24(31)30(3)23(19)29-12-28-20/h4-6,10,12-15,22,24,31H,7-9,11H2,1-3H3/t13-,14?,15?,24?/m0/s1. The molecule has 4 atom stereocenters. The monoisotopic (exact) mass is 495 g/mol. The van der Waals surface area contributed by atoms with Crippen LogP contribution < -0.4 is 4.90 Å². The highest BCUT2D eigenvalue weighted by Crippen LogP contribution is 2.40. The first-order valence-electron chi connectivity index (χ1n) is 11.2. The average Bonchev–Trinajstić information content (AvgIpc) is 2.76. The zero-order valence-electron chi connectivity index (χ0n) is 19.2. The van der Waals surface area contributed by atoms with Crippen LogP contribution in [0.3, 0.4) is 0 Å². The second-order valence-corrected chi connectivity index (χ2v) is 11.6. The third-order valence-electron chi connectivity index (χ3n) is 6.95. The van der Waals surface area contributed by atoms with Gasteiger partial charge in [0.2, 0.25) is 0 Å². The number of hydrogen-bond donors (Lipinski definition) is 1. The van der Waals surface area contributed by atoms with Crippen LogP contribution >= 0.6 is 0 Å². The summed E-state index contributed by atoms with van der Waals surface area (Å²) in [5, 5.41) is 11.0. The second-order valence-electron chi connectivity index (χ2n) is 9.33. The summed E-state index contributed by atoms with van der Waals surface area (Å²) in [6.07, 6.45) is 0.0248. The van der Waals surface area contributed by atoms with E-state index in [4.69, 9.17) is 0 Å². The van der Waals surface area contributed by atoms with E-state index >= 15 is 0 Å². The van der Waals surface area contributed by atoms with Gasteiger partial charge in [-0.3, -0.25) is 0 Å². The van der Waals surface area contributed by atoms with Gasteiger partial charge in [-0.25, -0.2) is 31.6 Å². The molecule has 1 fully saturated rings. The van der Waals surface area contributed by atoms with Crippen LogP contribution in [0.5, 0.6) is 0 Å². The number of anilines is 1. The average molecular weight is 496 g/mol. The second kappa shape index (κ2) is 9.30. The summed E-state index contributed by atoms with van der Waals surface area (Å²) in [5.74, 6) is -0.997. The highest BCUT2D eigenvalue weighted by molar-refractivity contribution is 7.91. The molecule has 3 unspecified atom stereocenters. The molecule has 1 saturated heterocycles. The Morgan fingerprint density at radius 3 is 2.62 bits per heavy atom. The Morgan fingerprint density at radius 2 is 1.94 bits per heavy atom. The molecule has 6 nitrogen and oxygen atoms in total. The first-order chi connectivity index (χ1) is 16.0. The molecule has 0 radical (unpaired) electrons. The van der Waals surface area contributed by atoms with E-state index in [0.717, 1.165) is 6.07 Å². The van der Waals surface area contributed by atoms with Crippen LogP contribution in [0.4, 0.5) is 19.0 Å². The quantitative estimate of drug-likeness (QED) is 0.672. The summed E-state index contributed by atoms with van der Waals surface area (Å²) in [5.41, 5.74) is 1.53. The zero-order valence-corrected chi connectivity index (χ0v) is 20.1. The molecule has 3 heterocycles. The number of benzene rings is 1. The summed E-state index contributed by atoms with van der Waals surface area (Å²) in [7, 11) is -1.40. The first-order valence-corrected chi connectivity index (χ1v) is 13.1. The number of aliphatic hydroxyl groups is 1. The molecule has 4 rings (SSSR count). The molecule has 0 amide bonds. The number of nitrogens with zero attached hydrogens (tertiary/aromatic N) is 3. The number of sulfone groups is 1. The van der Waals surface area contributed by atoms with Crippen molar-refractivity contribution in [2.75, 3.05) is 23.5 Å². The van der Waals surface area contributed by atoms with Gasteiger partial charge in [-0.1, -0.05) is 32.0 Å². The largest absolute Gasteiger partial charge is 0.370 e. The molecule has 184 valence electrons. The molecule has 0 saturated carbocycles. The molecule has 1 aromatic heterocycles. The number of halogens is 3. The summed E-state index contributed by atoms with van der Waals surface area (Å²) >= 11 is 0. The summed E-state index contributed by atoms with van der Waals surface area (Å²) in [6, 6.07) is 4.01. The summed E-state index contributed by atoms with van der Waals surface area (Å²) in [6.45, 7) is 3.62. The van der Waals surface area contributed by atoms with E-state index in [2.05, 4.69) is 9.97 Å². The molecular formula is C24H28F3N3O3S. The smallest absolute Gasteiger partial charge is 0.266 e. The third kappa shape index (κ3) is 4.57. The predicted octanol–water partition coefficient (Wildman–Crippen LogP) is 4.12. The predicted molar refractivity (Wildman–Crippen MR) is 124 cm³/mol. The van der Waals surface area contributed by atoms with E-state index in [9.17, 15) is 26.7 Å². The minimum Gasteiger partial charge on any atom is -0.370 e. The summed E-state index contributed by atoms with van der Waals surface area (Å²) in [4.78, 5) is 10.3. The fraction of sp³-hybridized carbons (Fsp3) is 0.500. The van der Waals surface area contributed by atoms with Crippen LogP contribution in [0.2, 0.25) is 0 Å². The van der Waals surface area contributed by atoms with Crippen molar-refractivity contribution in [1.29, 1.82) is 0 Å². The normalized spacial score (nSPS) is 25.1. The number of alkyl halides is 2. The maximum atomic E-state index is 14.7. The van der Waals surface area contributed by atoms with E-state index in [1.165, 1.54) is 18.5 Å². The highest BCUT2D eigenvalue weighted by Gasteiger charge is 2.38. The van der Waals surface area contributed by atoms with Crippen LogP contribution in [-0.4, -0.2) is 48.3 Å². The van der Waals surface area contributed by atoms with Crippen molar-refractivity contribution in [2.45, 2.75) is 45.3 Å². The van der Waals surface area contributed by atoms with Crippen LogP contribution in [0.1, 0.15) is 55.0 Å². The number of aromatic nitrogens is 2. The SMILES string of the molecule is CC1CS(=O)(=O)CCC1C1=Cc2c(C[C@H](C)c3cccc(C(F)F)c3F)ncnc2N(C)C1O. The van der Waals surface area contributed by atoms with Crippen molar-refractivity contribution in [2.24, 2.45) is 11.8 Å². The molecule has 0 bridgehead atoms. The Bertz CT molecular complexity index is 1220. The lowest BCUT2D eigenvalue weighted by molar-refractivity contribution is 0.146. The Balaban J connectivity index is 1.70. The molecule has 1 N–H and O–H groups in total. The molecule has 2 aliphatic heterocycles. The third-order valence-corrected chi connectivity index (χ3v) is 8.84. The van der Waals surface area contributed by atoms with Crippen LogP contribution in [-0.2, 0) is 16.3 Å². The molecule has 10 heteroatoms. The van der Waals surface area contributed by atoms with Gasteiger partial charge in [0.15, 0.2) is 16.1 Å². The Hall–Kier alpha value is -2.46. The first kappa shape index (κ1) is 24.7. The maximum Gasteiger partial charge on any atom is 0.266 e. The molecule has 0 spiro atoms. The molecule has 1 aromatic carbocycles. The van der Waals surface area contributed by atoms with Crippen molar-refractivity contribution in [1.82, 2.24) is 9.97 Å². The number of hydrogen-bond acceptors (Lipinski definition) is 6. The van der Waals surface area contributed by atoms with Gasteiger partial charge in [0.25, 0.3) is 6.43 Å². The van der Waals surface area contributed by atoms with Crippen molar-refractivity contribution in [3.05, 3.63) is 58.3 Å². The van der Waals surface area contributed by atoms with Crippen molar-refractivity contribution in [3.8, 4) is 0 Å². The zero-order chi connectivity index (χ0) is 24.8. The minimum atomic E-state index is -3.10. The van der Waals surface area contributed by atoms with Gasteiger partial charge >= 0.3 is 0 Å². The molecule has 2 aliphatic rings. The number of rotatable bonds is 5. The fourth-order valence-corrected chi connectivity index (χ4v) is 6.91.